The number of nitrogens with one attached hydrogen (secondary N) is 1. The third-order valence-corrected chi connectivity index (χ3v) is 5.04. The summed E-state index contributed by atoms with van der Waals surface area (Å²) in [4.78, 5) is 38.2. The zero-order valence-electron chi connectivity index (χ0n) is 18.1. The minimum absolute atomic E-state index is 0.0288. The van der Waals surface area contributed by atoms with E-state index in [9.17, 15) is 19.5 Å². The zero-order chi connectivity index (χ0) is 23.6. The van der Waals surface area contributed by atoms with E-state index in [0.29, 0.717) is 22.9 Å². The van der Waals surface area contributed by atoms with Gasteiger partial charge in [-0.15, -0.1) is 0 Å². The third kappa shape index (κ3) is 4.79. The van der Waals surface area contributed by atoms with Gasteiger partial charge in [0.25, 0.3) is 5.91 Å². The first-order valence-corrected chi connectivity index (χ1v) is 10.2. The molecule has 33 heavy (non-hydrogen) atoms. The van der Waals surface area contributed by atoms with Gasteiger partial charge in [-0.2, -0.15) is 0 Å². The number of aromatic carboxylic acids is 1. The smallest absolute Gasteiger partial charge is 0.335 e. The molecule has 8 nitrogen and oxygen atoms in total. The molecule has 0 saturated carbocycles. The summed E-state index contributed by atoms with van der Waals surface area (Å²) in [6, 6.07) is 20.4. The highest BCUT2D eigenvalue weighted by atomic mass is 16.5. The molecule has 0 spiro atoms. The molecule has 2 N–H and O–H groups in total. The molecule has 1 heterocycles. The van der Waals surface area contributed by atoms with Crippen molar-refractivity contribution in [1.29, 1.82) is 0 Å². The van der Waals surface area contributed by atoms with Crippen molar-refractivity contribution in [3.63, 3.8) is 0 Å². The van der Waals surface area contributed by atoms with E-state index < -0.39 is 23.4 Å². The summed E-state index contributed by atoms with van der Waals surface area (Å²) in [5.74, 6) is -0.374. The van der Waals surface area contributed by atoms with E-state index in [1.165, 1.54) is 23.1 Å². The van der Waals surface area contributed by atoms with Crippen LogP contribution in [0.15, 0.2) is 72.8 Å². The van der Waals surface area contributed by atoms with E-state index in [1.807, 2.05) is 30.3 Å². The van der Waals surface area contributed by atoms with E-state index in [1.54, 1.807) is 38.1 Å². The Hall–Kier alpha value is -4.33. The molecule has 2 amide bonds. The Labute approximate surface area is 190 Å². The van der Waals surface area contributed by atoms with Crippen molar-refractivity contribution in [2.45, 2.75) is 19.4 Å². The van der Waals surface area contributed by atoms with Gasteiger partial charge in [0, 0.05) is 5.69 Å². The molecule has 0 fully saturated rings. The van der Waals surface area contributed by atoms with Crippen LogP contribution in [-0.4, -0.2) is 35.0 Å². The number of hydrogen-bond donors (Lipinski definition) is 2. The monoisotopic (exact) mass is 446 g/mol. The molecular weight excluding hydrogens is 424 g/mol. The van der Waals surface area contributed by atoms with Crippen LogP contribution >= 0.6 is 0 Å². The molecule has 4 rings (SSSR count). The maximum Gasteiger partial charge on any atom is 0.335 e. The van der Waals surface area contributed by atoms with Crippen molar-refractivity contribution < 1.29 is 29.0 Å². The van der Waals surface area contributed by atoms with Crippen molar-refractivity contribution in [3.8, 4) is 17.2 Å². The lowest BCUT2D eigenvalue weighted by molar-refractivity contribution is -0.133. The highest BCUT2D eigenvalue weighted by Crippen LogP contribution is 2.38. The van der Waals surface area contributed by atoms with Gasteiger partial charge in [-0.1, -0.05) is 18.2 Å². The third-order valence-electron chi connectivity index (χ3n) is 5.04. The van der Waals surface area contributed by atoms with Crippen LogP contribution in [0.3, 0.4) is 0 Å². The van der Waals surface area contributed by atoms with E-state index in [2.05, 4.69) is 5.32 Å². The van der Waals surface area contributed by atoms with Crippen LogP contribution < -0.4 is 19.7 Å². The number of carboxylic acids is 1. The van der Waals surface area contributed by atoms with E-state index in [-0.39, 0.29) is 17.9 Å². The molecule has 8 heteroatoms. The molecule has 3 aromatic carbocycles. The topological polar surface area (TPSA) is 105 Å². The fourth-order valence-electron chi connectivity index (χ4n) is 3.44. The van der Waals surface area contributed by atoms with Crippen LogP contribution in [0.25, 0.3) is 0 Å². The molecule has 1 aliphatic rings. The molecule has 1 aliphatic heterocycles. The molecule has 0 unspecified atom stereocenters. The molecule has 168 valence electrons. The first kappa shape index (κ1) is 21.9. The average molecular weight is 446 g/mol. The Morgan fingerprint density at radius 2 is 1.67 bits per heavy atom. The first-order chi connectivity index (χ1) is 15.7. The Balaban J connectivity index is 1.47. The quantitative estimate of drug-likeness (QED) is 0.584. The number of nitrogens with zero attached hydrogens (tertiary/aromatic N) is 1. The van der Waals surface area contributed by atoms with Crippen molar-refractivity contribution in [2.75, 3.05) is 16.8 Å². The predicted molar refractivity (Wildman–Crippen MR) is 122 cm³/mol. The second-order valence-corrected chi connectivity index (χ2v) is 7.98. The second kappa shape index (κ2) is 8.66. The Bertz CT molecular complexity index is 1210. The standard InChI is InChI=1S/C25H22N2O6/c1-25(2)24(31)27(20-13-8-16(23(29)30)14-21(20)33-25)15-22(28)26-17-9-11-19(12-10-17)32-18-6-4-3-5-7-18/h3-14H,15H2,1-2H3,(H,26,28)(H,29,30). The number of hydrogen-bond acceptors (Lipinski definition) is 5. The van der Waals surface area contributed by atoms with Gasteiger partial charge in [0.05, 0.1) is 11.3 Å². The van der Waals surface area contributed by atoms with Crippen LogP contribution in [0.4, 0.5) is 11.4 Å². The number of carbonyl (C=O) groups is 3. The molecule has 3 aromatic rings. The van der Waals surface area contributed by atoms with Gasteiger partial charge < -0.3 is 19.9 Å². The molecule has 0 atom stereocenters. The number of amides is 2. The lowest BCUT2D eigenvalue weighted by Gasteiger charge is -2.38. The van der Waals surface area contributed by atoms with Crippen molar-refractivity contribution in [1.82, 2.24) is 0 Å². The zero-order valence-corrected chi connectivity index (χ0v) is 18.1. The Morgan fingerprint density at radius 3 is 2.33 bits per heavy atom. The summed E-state index contributed by atoms with van der Waals surface area (Å²) < 4.78 is 11.5. The summed E-state index contributed by atoms with van der Waals surface area (Å²) in [7, 11) is 0. The maximum atomic E-state index is 12.9. The first-order valence-electron chi connectivity index (χ1n) is 10.2. The molecule has 0 bridgehead atoms. The van der Waals surface area contributed by atoms with Crippen LogP contribution in [0, 0.1) is 0 Å². The lowest BCUT2D eigenvalue weighted by Crippen LogP contribution is -2.54. The summed E-state index contributed by atoms with van der Waals surface area (Å²) in [5, 5.41) is 12.0. The molecule has 0 saturated heterocycles. The van der Waals surface area contributed by atoms with Crippen LogP contribution in [0.2, 0.25) is 0 Å². The van der Waals surface area contributed by atoms with E-state index >= 15 is 0 Å². The second-order valence-electron chi connectivity index (χ2n) is 7.98. The van der Waals surface area contributed by atoms with Gasteiger partial charge in [-0.3, -0.25) is 14.5 Å². The van der Waals surface area contributed by atoms with Crippen LogP contribution in [0.1, 0.15) is 24.2 Å². The van der Waals surface area contributed by atoms with Gasteiger partial charge in [-0.25, -0.2) is 4.79 Å². The van der Waals surface area contributed by atoms with Gasteiger partial charge in [0.1, 0.15) is 23.8 Å². The Kier molecular flexibility index (Phi) is 5.74. The normalized spacial score (nSPS) is 14.1. The number of ether oxygens (including phenoxy) is 2. The average Bonchev–Trinajstić information content (AvgIpc) is 2.78. The Morgan fingerprint density at radius 1 is 1.00 bits per heavy atom. The number of carbonyl (C=O) groups excluding carboxylic acids is 2. The minimum Gasteiger partial charge on any atom is -0.478 e. The van der Waals surface area contributed by atoms with Crippen molar-refractivity contribution in [2.24, 2.45) is 0 Å². The molecular formula is C25H22N2O6. The van der Waals surface area contributed by atoms with Gasteiger partial charge in [0.2, 0.25) is 5.91 Å². The number of para-hydroxylation sites is 1. The minimum atomic E-state index is -1.25. The molecule has 0 radical (unpaired) electrons. The molecule has 0 aromatic heterocycles. The number of benzene rings is 3. The maximum absolute atomic E-state index is 12.9. The van der Waals surface area contributed by atoms with E-state index in [0.717, 1.165) is 0 Å². The van der Waals surface area contributed by atoms with E-state index in [4.69, 9.17) is 9.47 Å². The fraction of sp³-hybridized carbons (Fsp3) is 0.160. The highest BCUT2D eigenvalue weighted by molar-refractivity contribution is 6.08. The summed E-state index contributed by atoms with van der Waals surface area (Å²) in [6.07, 6.45) is 0. The lowest BCUT2D eigenvalue weighted by atomic mass is 10.0. The highest BCUT2D eigenvalue weighted by Gasteiger charge is 2.41. The van der Waals surface area contributed by atoms with Crippen molar-refractivity contribution >= 4 is 29.2 Å². The number of rotatable bonds is 6. The van der Waals surface area contributed by atoms with Gasteiger partial charge in [0.15, 0.2) is 5.60 Å². The van der Waals surface area contributed by atoms with Gasteiger partial charge >= 0.3 is 5.97 Å². The summed E-state index contributed by atoms with van der Waals surface area (Å²) in [5.41, 5.74) is -0.338. The van der Waals surface area contributed by atoms with Crippen LogP contribution in [-0.2, 0) is 9.59 Å². The van der Waals surface area contributed by atoms with Crippen molar-refractivity contribution in [3.05, 3.63) is 78.4 Å². The number of fused-ring (bicyclic) bond motifs is 1. The largest absolute Gasteiger partial charge is 0.478 e. The van der Waals surface area contributed by atoms with Crippen LogP contribution in [0.5, 0.6) is 17.2 Å². The molecule has 0 aliphatic carbocycles. The van der Waals surface area contributed by atoms with Gasteiger partial charge in [-0.05, 0) is 68.4 Å². The summed E-state index contributed by atoms with van der Waals surface area (Å²) in [6.45, 7) is 2.89. The number of anilines is 2. The number of carboxylic acid groups (broad SMARTS) is 1. The SMILES string of the molecule is CC1(C)Oc2cc(C(=O)O)ccc2N(CC(=O)Nc2ccc(Oc3ccccc3)cc2)C1=O. The predicted octanol–water partition coefficient (Wildman–Crippen LogP) is 4.32. The fourth-order valence-corrected chi connectivity index (χ4v) is 3.44. The summed E-state index contributed by atoms with van der Waals surface area (Å²) >= 11 is 0.